The second-order valence-corrected chi connectivity index (χ2v) is 4.76. The Morgan fingerprint density at radius 3 is 2.93 bits per heavy atom. The maximum Gasteiger partial charge on any atom is 0.234 e. The van der Waals surface area contributed by atoms with Gasteiger partial charge in [-0.1, -0.05) is 0 Å². The molecule has 2 unspecified atom stereocenters. The van der Waals surface area contributed by atoms with E-state index in [2.05, 4.69) is 17.3 Å². The summed E-state index contributed by atoms with van der Waals surface area (Å²) in [6.45, 7) is 2.22. The first-order chi connectivity index (χ1) is 6.61. The summed E-state index contributed by atoms with van der Waals surface area (Å²) in [6.07, 6.45) is 4.39. The van der Waals surface area contributed by atoms with Crippen LogP contribution >= 0.6 is 0 Å². The first-order valence-electron chi connectivity index (χ1n) is 5.37. The molecule has 2 atom stereocenters. The Bertz CT molecular complexity index is 244. The topological polar surface area (TPSA) is 58.4 Å². The lowest BCUT2D eigenvalue weighted by atomic mass is 9.88. The third kappa shape index (κ3) is 1.77. The first-order valence-corrected chi connectivity index (χ1v) is 5.37. The van der Waals surface area contributed by atoms with Gasteiger partial charge in [0.05, 0.1) is 6.04 Å². The van der Waals surface area contributed by atoms with Crippen LogP contribution in [0, 0.1) is 0 Å². The number of hydrogen-bond acceptors (Lipinski definition) is 3. The maximum absolute atomic E-state index is 11.1. The molecular formula is C10H19N3O. The summed E-state index contributed by atoms with van der Waals surface area (Å²) < 4.78 is 0. The molecule has 14 heavy (non-hydrogen) atoms. The van der Waals surface area contributed by atoms with Crippen molar-refractivity contribution >= 4 is 5.91 Å². The molecule has 2 heterocycles. The molecular weight excluding hydrogens is 178 g/mol. The van der Waals surface area contributed by atoms with E-state index in [1.807, 2.05) is 0 Å². The summed E-state index contributed by atoms with van der Waals surface area (Å²) in [5, 5.41) is 3.42. The van der Waals surface area contributed by atoms with E-state index in [1.54, 1.807) is 0 Å². The highest BCUT2D eigenvalue weighted by atomic mass is 16.1. The van der Waals surface area contributed by atoms with Gasteiger partial charge in [-0.25, -0.2) is 0 Å². The quantitative estimate of drug-likeness (QED) is 0.606. The summed E-state index contributed by atoms with van der Waals surface area (Å²) >= 11 is 0. The van der Waals surface area contributed by atoms with Crippen LogP contribution in [0.5, 0.6) is 0 Å². The second-order valence-electron chi connectivity index (χ2n) is 4.76. The number of primary amides is 1. The molecule has 3 N–H and O–H groups in total. The lowest BCUT2D eigenvalue weighted by molar-refractivity contribution is -0.119. The Kier molecular flexibility index (Phi) is 2.49. The average molecular weight is 197 g/mol. The molecule has 0 radical (unpaired) electrons. The summed E-state index contributed by atoms with van der Waals surface area (Å²) in [4.78, 5) is 13.4. The molecule has 1 amide bonds. The minimum atomic E-state index is -0.199. The molecule has 1 spiro atoms. The average Bonchev–Trinajstić information content (AvgIpc) is 2.49. The van der Waals surface area contributed by atoms with Gasteiger partial charge >= 0.3 is 0 Å². The van der Waals surface area contributed by atoms with Crippen LogP contribution in [0.15, 0.2) is 0 Å². The second kappa shape index (κ2) is 3.51. The largest absolute Gasteiger partial charge is 0.368 e. The number of likely N-dealkylation sites (N-methyl/N-ethyl adjacent to an activating group) is 1. The SMILES string of the molecule is CN1CCCC2(CCC(C(N)=O)N2)C1. The highest BCUT2D eigenvalue weighted by Gasteiger charge is 2.42. The van der Waals surface area contributed by atoms with Crippen molar-refractivity contribution in [3.63, 3.8) is 0 Å². The van der Waals surface area contributed by atoms with E-state index in [9.17, 15) is 4.79 Å². The van der Waals surface area contributed by atoms with E-state index >= 15 is 0 Å². The molecule has 0 saturated carbocycles. The van der Waals surface area contributed by atoms with E-state index in [0.29, 0.717) is 0 Å². The Morgan fingerprint density at radius 2 is 2.36 bits per heavy atom. The smallest absolute Gasteiger partial charge is 0.234 e. The number of nitrogens with zero attached hydrogens (tertiary/aromatic N) is 1. The van der Waals surface area contributed by atoms with Crippen molar-refractivity contribution in [3.05, 3.63) is 0 Å². The van der Waals surface area contributed by atoms with Crippen molar-refractivity contribution in [1.29, 1.82) is 0 Å². The highest BCUT2D eigenvalue weighted by molar-refractivity contribution is 5.80. The summed E-state index contributed by atoms with van der Waals surface area (Å²) in [7, 11) is 2.14. The number of nitrogens with two attached hydrogens (primary N) is 1. The van der Waals surface area contributed by atoms with Gasteiger partial charge < -0.3 is 10.6 Å². The molecule has 2 saturated heterocycles. The van der Waals surface area contributed by atoms with Gasteiger partial charge in [-0.2, -0.15) is 0 Å². The van der Waals surface area contributed by atoms with E-state index in [0.717, 1.165) is 19.4 Å². The molecule has 0 aromatic rings. The molecule has 4 heteroatoms. The van der Waals surface area contributed by atoms with Gasteiger partial charge in [0.2, 0.25) is 5.91 Å². The van der Waals surface area contributed by atoms with Gasteiger partial charge in [-0.05, 0) is 39.3 Å². The molecule has 80 valence electrons. The van der Waals surface area contributed by atoms with Crippen LogP contribution in [0.1, 0.15) is 25.7 Å². The van der Waals surface area contributed by atoms with Gasteiger partial charge in [-0.3, -0.25) is 10.1 Å². The molecule has 2 aliphatic rings. The van der Waals surface area contributed by atoms with Gasteiger partial charge in [0, 0.05) is 12.1 Å². The Labute approximate surface area is 84.8 Å². The van der Waals surface area contributed by atoms with E-state index in [4.69, 9.17) is 5.73 Å². The molecule has 0 aromatic heterocycles. The number of amides is 1. The predicted octanol–water partition coefficient (Wildman–Crippen LogP) is -0.312. The van der Waals surface area contributed by atoms with Crippen LogP contribution in [-0.4, -0.2) is 42.5 Å². The van der Waals surface area contributed by atoms with Crippen LogP contribution in [0.4, 0.5) is 0 Å². The molecule has 0 bridgehead atoms. The maximum atomic E-state index is 11.1. The summed E-state index contributed by atoms with van der Waals surface area (Å²) in [6, 6.07) is -0.0958. The Morgan fingerprint density at radius 1 is 1.57 bits per heavy atom. The minimum Gasteiger partial charge on any atom is -0.368 e. The van der Waals surface area contributed by atoms with Gasteiger partial charge in [0.25, 0.3) is 0 Å². The van der Waals surface area contributed by atoms with Gasteiger partial charge in [0.15, 0.2) is 0 Å². The minimum absolute atomic E-state index is 0.0958. The fourth-order valence-corrected chi connectivity index (χ4v) is 2.83. The molecule has 2 fully saturated rings. The van der Waals surface area contributed by atoms with Crippen molar-refractivity contribution in [2.24, 2.45) is 5.73 Å². The molecule has 0 aromatic carbocycles. The molecule has 0 aliphatic carbocycles. The Hall–Kier alpha value is -0.610. The third-order valence-electron chi connectivity index (χ3n) is 3.50. The first kappa shape index (κ1) is 9.93. The molecule has 4 nitrogen and oxygen atoms in total. The van der Waals surface area contributed by atoms with Crippen molar-refractivity contribution in [1.82, 2.24) is 10.2 Å². The van der Waals surface area contributed by atoms with E-state index in [1.165, 1.54) is 19.4 Å². The van der Waals surface area contributed by atoms with Crippen LogP contribution in [0.25, 0.3) is 0 Å². The fraction of sp³-hybridized carbons (Fsp3) is 0.900. The van der Waals surface area contributed by atoms with Crippen molar-refractivity contribution < 1.29 is 4.79 Å². The zero-order valence-electron chi connectivity index (χ0n) is 8.75. The van der Waals surface area contributed by atoms with E-state index < -0.39 is 0 Å². The predicted molar refractivity (Wildman–Crippen MR) is 54.8 cm³/mol. The van der Waals surface area contributed by atoms with Crippen LogP contribution in [0.2, 0.25) is 0 Å². The van der Waals surface area contributed by atoms with Crippen molar-refractivity contribution in [3.8, 4) is 0 Å². The third-order valence-corrected chi connectivity index (χ3v) is 3.50. The zero-order chi connectivity index (χ0) is 10.2. The summed E-state index contributed by atoms with van der Waals surface area (Å²) in [5.41, 5.74) is 5.48. The number of nitrogens with one attached hydrogen (secondary N) is 1. The lowest BCUT2D eigenvalue weighted by Gasteiger charge is -2.39. The van der Waals surface area contributed by atoms with E-state index in [-0.39, 0.29) is 17.5 Å². The fourth-order valence-electron chi connectivity index (χ4n) is 2.83. The monoisotopic (exact) mass is 197 g/mol. The number of rotatable bonds is 1. The summed E-state index contributed by atoms with van der Waals surface area (Å²) in [5.74, 6) is -0.199. The standard InChI is InChI=1S/C10H19N3O/c1-13-6-2-4-10(7-13)5-3-8(12-10)9(11)14/h8,12H,2-7H2,1H3,(H2,11,14). The van der Waals surface area contributed by atoms with Crippen LogP contribution in [-0.2, 0) is 4.79 Å². The number of piperidine rings is 1. The van der Waals surface area contributed by atoms with Crippen molar-refractivity contribution in [2.75, 3.05) is 20.1 Å². The Balaban J connectivity index is 2.01. The number of carbonyl (C=O) groups excluding carboxylic acids is 1. The van der Waals surface area contributed by atoms with Gasteiger partial charge in [0.1, 0.15) is 0 Å². The van der Waals surface area contributed by atoms with Crippen LogP contribution < -0.4 is 11.1 Å². The normalized spacial score (nSPS) is 39.1. The number of carbonyl (C=O) groups is 1. The van der Waals surface area contributed by atoms with Crippen molar-refractivity contribution in [2.45, 2.75) is 37.3 Å². The lowest BCUT2D eigenvalue weighted by Crippen LogP contribution is -2.56. The van der Waals surface area contributed by atoms with Crippen LogP contribution in [0.3, 0.4) is 0 Å². The highest BCUT2D eigenvalue weighted by Crippen LogP contribution is 2.31. The number of likely N-dealkylation sites (tertiary alicyclic amines) is 1. The zero-order valence-corrected chi connectivity index (χ0v) is 8.75. The molecule has 2 rings (SSSR count). The van der Waals surface area contributed by atoms with Gasteiger partial charge in [-0.15, -0.1) is 0 Å². The number of hydrogen-bond donors (Lipinski definition) is 2. The molecule has 2 aliphatic heterocycles.